The number of hydrogen-bond donors (Lipinski definition) is 3. The zero-order valence-electron chi connectivity index (χ0n) is 13.3. The fourth-order valence-electron chi connectivity index (χ4n) is 1.99. The smallest absolute Gasteiger partial charge is 0.00483 e. The molecule has 0 aliphatic carbocycles. The first-order chi connectivity index (χ1) is 9.03. The van der Waals surface area contributed by atoms with Crippen molar-refractivity contribution >= 4 is 0 Å². The minimum Gasteiger partial charge on any atom is -0.328 e. The molecule has 0 aromatic carbocycles. The molecule has 4 nitrogen and oxygen atoms in total. The van der Waals surface area contributed by atoms with Crippen molar-refractivity contribution in [2.75, 3.05) is 19.6 Å². The molecule has 19 heavy (non-hydrogen) atoms. The van der Waals surface area contributed by atoms with E-state index in [1.807, 2.05) is 0 Å². The maximum atomic E-state index is 6.01. The first kappa shape index (κ1) is 18.8. The van der Waals surface area contributed by atoms with Gasteiger partial charge in [-0.3, -0.25) is 0 Å². The lowest BCUT2D eigenvalue weighted by molar-refractivity contribution is 0.241. The molecule has 0 aliphatic heterocycles. The molecule has 0 bridgehead atoms. The molecular weight excluding hydrogens is 236 g/mol. The summed E-state index contributed by atoms with van der Waals surface area (Å²) in [4.78, 5) is 2.49. The van der Waals surface area contributed by atoms with Crippen LogP contribution in [0.1, 0.15) is 59.3 Å². The van der Waals surface area contributed by atoms with Gasteiger partial charge in [-0.1, -0.05) is 20.8 Å². The topological polar surface area (TPSA) is 81.3 Å². The second kappa shape index (κ2) is 11.6. The van der Waals surface area contributed by atoms with Crippen molar-refractivity contribution in [3.05, 3.63) is 0 Å². The number of nitrogens with two attached hydrogens (primary N) is 3. The third-order valence-corrected chi connectivity index (χ3v) is 4.02. The van der Waals surface area contributed by atoms with Gasteiger partial charge in [-0.15, -0.1) is 0 Å². The van der Waals surface area contributed by atoms with Crippen LogP contribution in [-0.2, 0) is 0 Å². The van der Waals surface area contributed by atoms with Crippen LogP contribution in [0, 0.1) is 0 Å². The van der Waals surface area contributed by atoms with E-state index in [0.29, 0.717) is 18.1 Å². The normalized spacial score (nSPS) is 16.6. The van der Waals surface area contributed by atoms with Crippen molar-refractivity contribution < 1.29 is 0 Å². The average Bonchev–Trinajstić information content (AvgIpc) is 2.44. The fourth-order valence-corrected chi connectivity index (χ4v) is 1.99. The van der Waals surface area contributed by atoms with Crippen molar-refractivity contribution in [2.45, 2.75) is 77.4 Å². The van der Waals surface area contributed by atoms with Crippen LogP contribution >= 0.6 is 0 Å². The van der Waals surface area contributed by atoms with E-state index in [9.17, 15) is 0 Å². The second-order valence-electron chi connectivity index (χ2n) is 5.71. The number of nitrogens with zero attached hydrogens (tertiary/aromatic N) is 1. The molecule has 0 fully saturated rings. The van der Waals surface area contributed by atoms with Crippen LogP contribution < -0.4 is 17.2 Å². The minimum atomic E-state index is 0.321. The highest BCUT2D eigenvalue weighted by molar-refractivity contribution is 4.70. The van der Waals surface area contributed by atoms with Gasteiger partial charge in [0.15, 0.2) is 0 Å². The maximum Gasteiger partial charge on any atom is 0.00483 e. The van der Waals surface area contributed by atoms with E-state index in [1.54, 1.807) is 0 Å². The van der Waals surface area contributed by atoms with Crippen molar-refractivity contribution in [3.8, 4) is 0 Å². The standard InChI is InChI=1S/C15H36N4/c1-4-13(16)7-10-19(11-8-14(17)5-2)12-9-15(18)6-3/h13-15H,4-12,16-18H2,1-3H3. The van der Waals surface area contributed by atoms with E-state index in [2.05, 4.69) is 25.7 Å². The summed E-state index contributed by atoms with van der Waals surface area (Å²) >= 11 is 0. The molecule has 0 saturated carbocycles. The average molecular weight is 272 g/mol. The summed E-state index contributed by atoms with van der Waals surface area (Å²) < 4.78 is 0. The Morgan fingerprint density at radius 3 is 1.11 bits per heavy atom. The van der Waals surface area contributed by atoms with Gasteiger partial charge in [0.05, 0.1) is 0 Å². The Labute approximate surface area is 120 Å². The van der Waals surface area contributed by atoms with Gasteiger partial charge in [-0.25, -0.2) is 0 Å². The molecule has 0 rings (SSSR count). The van der Waals surface area contributed by atoms with E-state index < -0.39 is 0 Å². The molecule has 0 saturated heterocycles. The van der Waals surface area contributed by atoms with Crippen molar-refractivity contribution in [2.24, 2.45) is 17.2 Å². The van der Waals surface area contributed by atoms with Crippen LogP contribution in [0.3, 0.4) is 0 Å². The van der Waals surface area contributed by atoms with E-state index in [4.69, 9.17) is 17.2 Å². The zero-order chi connectivity index (χ0) is 14.7. The Morgan fingerprint density at radius 1 is 0.632 bits per heavy atom. The molecule has 0 aliphatic rings. The SMILES string of the molecule is CCC(N)CCN(CCC(N)CC)CCC(N)CC. The summed E-state index contributed by atoms with van der Waals surface area (Å²) in [6.45, 7) is 9.66. The predicted molar refractivity (Wildman–Crippen MR) is 85.1 cm³/mol. The van der Waals surface area contributed by atoms with Crippen molar-refractivity contribution in [3.63, 3.8) is 0 Å². The molecule has 0 aromatic rings. The molecular formula is C15H36N4. The van der Waals surface area contributed by atoms with Crippen LogP contribution in [0.15, 0.2) is 0 Å². The van der Waals surface area contributed by atoms with Gasteiger partial charge in [0.1, 0.15) is 0 Å². The highest BCUT2D eigenvalue weighted by Crippen LogP contribution is 2.05. The molecule has 6 N–H and O–H groups in total. The molecule has 4 heteroatoms. The maximum absolute atomic E-state index is 6.01. The summed E-state index contributed by atoms with van der Waals surface area (Å²) in [6, 6.07) is 0.964. The van der Waals surface area contributed by atoms with Gasteiger partial charge < -0.3 is 22.1 Å². The van der Waals surface area contributed by atoms with Crippen LogP contribution in [0.25, 0.3) is 0 Å². The Bertz CT molecular complexity index is 165. The van der Waals surface area contributed by atoms with Crippen LogP contribution in [-0.4, -0.2) is 42.7 Å². The Kier molecular flexibility index (Phi) is 11.6. The third-order valence-electron chi connectivity index (χ3n) is 4.02. The minimum absolute atomic E-state index is 0.321. The Balaban J connectivity index is 4.06. The van der Waals surface area contributed by atoms with Gasteiger partial charge >= 0.3 is 0 Å². The summed E-state index contributed by atoms with van der Waals surface area (Å²) in [5, 5.41) is 0. The lowest BCUT2D eigenvalue weighted by atomic mass is 10.1. The zero-order valence-corrected chi connectivity index (χ0v) is 13.3. The third kappa shape index (κ3) is 10.3. The molecule has 0 heterocycles. The van der Waals surface area contributed by atoms with Crippen molar-refractivity contribution in [1.82, 2.24) is 4.90 Å². The Morgan fingerprint density at radius 2 is 0.895 bits per heavy atom. The molecule has 116 valence electrons. The van der Waals surface area contributed by atoms with Gasteiger partial charge in [0.25, 0.3) is 0 Å². The van der Waals surface area contributed by atoms with Gasteiger partial charge in [0.2, 0.25) is 0 Å². The largest absolute Gasteiger partial charge is 0.328 e. The van der Waals surface area contributed by atoms with Crippen molar-refractivity contribution in [1.29, 1.82) is 0 Å². The highest BCUT2D eigenvalue weighted by Gasteiger charge is 2.11. The summed E-state index contributed by atoms with van der Waals surface area (Å²) in [6.07, 6.45) is 6.36. The second-order valence-corrected chi connectivity index (χ2v) is 5.71. The number of hydrogen-bond acceptors (Lipinski definition) is 4. The number of rotatable bonds is 12. The molecule has 0 amide bonds. The summed E-state index contributed by atoms with van der Waals surface area (Å²) in [7, 11) is 0. The Hall–Kier alpha value is -0.160. The lowest BCUT2D eigenvalue weighted by Crippen LogP contribution is -2.36. The quantitative estimate of drug-likeness (QED) is 0.505. The lowest BCUT2D eigenvalue weighted by Gasteiger charge is -2.26. The van der Waals surface area contributed by atoms with Gasteiger partial charge in [-0.2, -0.15) is 0 Å². The van der Waals surface area contributed by atoms with Gasteiger partial charge in [0, 0.05) is 18.1 Å². The van der Waals surface area contributed by atoms with Crippen LogP contribution in [0.5, 0.6) is 0 Å². The first-order valence-electron chi connectivity index (χ1n) is 8.02. The van der Waals surface area contributed by atoms with E-state index >= 15 is 0 Å². The fraction of sp³-hybridized carbons (Fsp3) is 1.00. The van der Waals surface area contributed by atoms with E-state index in [-0.39, 0.29) is 0 Å². The summed E-state index contributed by atoms with van der Waals surface area (Å²) in [5.41, 5.74) is 18.0. The van der Waals surface area contributed by atoms with Crippen LogP contribution in [0.4, 0.5) is 0 Å². The van der Waals surface area contributed by atoms with Crippen LogP contribution in [0.2, 0.25) is 0 Å². The van der Waals surface area contributed by atoms with E-state index in [1.165, 1.54) is 0 Å². The molecule has 0 radical (unpaired) electrons. The van der Waals surface area contributed by atoms with Gasteiger partial charge in [-0.05, 0) is 58.2 Å². The summed E-state index contributed by atoms with van der Waals surface area (Å²) in [5.74, 6) is 0. The predicted octanol–water partition coefficient (Wildman–Crippen LogP) is 1.67. The molecule has 3 unspecified atom stereocenters. The monoisotopic (exact) mass is 272 g/mol. The van der Waals surface area contributed by atoms with E-state index in [0.717, 1.165) is 58.2 Å². The molecule has 0 aromatic heterocycles. The molecule has 0 spiro atoms. The highest BCUT2D eigenvalue weighted by atomic mass is 15.1. The molecule has 3 atom stereocenters. The first-order valence-corrected chi connectivity index (χ1v) is 8.02.